The van der Waals surface area contributed by atoms with Crippen LogP contribution in [-0.4, -0.2) is 16.8 Å². The Morgan fingerprint density at radius 3 is 1.94 bits per heavy atom. The molecule has 1 rings (SSSR count). The van der Waals surface area contributed by atoms with Crippen molar-refractivity contribution in [3.63, 3.8) is 0 Å². The van der Waals surface area contributed by atoms with Gasteiger partial charge in [0.25, 0.3) is 0 Å². The van der Waals surface area contributed by atoms with Crippen molar-refractivity contribution < 1.29 is 10.2 Å². The van der Waals surface area contributed by atoms with Crippen LogP contribution in [0.25, 0.3) is 0 Å². The monoisotopic (exact) mass is 236 g/mol. The molecule has 1 atom stereocenters. The van der Waals surface area contributed by atoms with E-state index in [-0.39, 0.29) is 6.61 Å². The molecule has 0 aromatic heterocycles. The summed E-state index contributed by atoms with van der Waals surface area (Å²) in [7, 11) is 0. The van der Waals surface area contributed by atoms with E-state index in [1.807, 2.05) is 6.92 Å². The molecule has 1 aromatic carbocycles. The molecule has 2 nitrogen and oxygen atoms in total. The molecule has 0 radical (unpaired) electrons. The number of aliphatic hydroxyl groups is 2. The van der Waals surface area contributed by atoms with Crippen molar-refractivity contribution in [1.29, 1.82) is 0 Å². The molecule has 0 spiro atoms. The van der Waals surface area contributed by atoms with Crippen LogP contribution >= 0.6 is 0 Å². The first-order chi connectivity index (χ1) is 7.81. The molecule has 2 N–H and O–H groups in total. The van der Waals surface area contributed by atoms with E-state index in [1.165, 1.54) is 11.1 Å². The molecule has 0 saturated carbocycles. The zero-order chi connectivity index (χ0) is 13.2. The smallest absolute Gasteiger partial charge is 0.0874 e. The molecule has 1 aromatic rings. The van der Waals surface area contributed by atoms with E-state index in [2.05, 4.69) is 33.8 Å². The SMILES string of the molecule is Cc1cc(C)c(C)c(C(C)(O)CCCO)c1C. The first kappa shape index (κ1) is 14.2. The largest absolute Gasteiger partial charge is 0.396 e. The zero-order valence-corrected chi connectivity index (χ0v) is 11.6. The van der Waals surface area contributed by atoms with Gasteiger partial charge in [-0.1, -0.05) is 6.07 Å². The van der Waals surface area contributed by atoms with Crippen LogP contribution in [0.3, 0.4) is 0 Å². The van der Waals surface area contributed by atoms with Gasteiger partial charge in [-0.3, -0.25) is 0 Å². The van der Waals surface area contributed by atoms with E-state index in [0.717, 1.165) is 16.7 Å². The number of hydrogen-bond acceptors (Lipinski definition) is 2. The van der Waals surface area contributed by atoms with Crippen molar-refractivity contribution in [3.8, 4) is 0 Å². The van der Waals surface area contributed by atoms with Gasteiger partial charge >= 0.3 is 0 Å². The van der Waals surface area contributed by atoms with Crippen LogP contribution in [-0.2, 0) is 5.60 Å². The predicted octanol–water partition coefficient (Wildman–Crippen LogP) is 2.90. The lowest BCUT2D eigenvalue weighted by atomic mass is 9.82. The van der Waals surface area contributed by atoms with Gasteiger partial charge in [0.2, 0.25) is 0 Å². The van der Waals surface area contributed by atoms with Crippen LogP contribution in [0.2, 0.25) is 0 Å². The third kappa shape index (κ3) is 2.88. The lowest BCUT2D eigenvalue weighted by Gasteiger charge is -2.29. The molecule has 0 bridgehead atoms. The van der Waals surface area contributed by atoms with E-state index in [4.69, 9.17) is 5.11 Å². The van der Waals surface area contributed by atoms with Gasteiger partial charge in [-0.05, 0) is 75.3 Å². The molecule has 0 aliphatic rings. The fourth-order valence-corrected chi connectivity index (χ4v) is 2.57. The second-order valence-corrected chi connectivity index (χ2v) is 5.24. The van der Waals surface area contributed by atoms with Gasteiger partial charge in [0.15, 0.2) is 0 Å². The third-order valence-electron chi connectivity index (χ3n) is 3.73. The topological polar surface area (TPSA) is 40.5 Å². The van der Waals surface area contributed by atoms with Gasteiger partial charge in [0.05, 0.1) is 5.60 Å². The first-order valence-electron chi connectivity index (χ1n) is 6.22. The maximum absolute atomic E-state index is 10.6. The molecule has 0 amide bonds. The molecular weight excluding hydrogens is 212 g/mol. The maximum atomic E-state index is 10.6. The summed E-state index contributed by atoms with van der Waals surface area (Å²) in [6, 6.07) is 2.16. The summed E-state index contributed by atoms with van der Waals surface area (Å²) >= 11 is 0. The molecule has 17 heavy (non-hydrogen) atoms. The van der Waals surface area contributed by atoms with Crippen molar-refractivity contribution >= 4 is 0 Å². The van der Waals surface area contributed by atoms with Gasteiger partial charge in [-0.15, -0.1) is 0 Å². The van der Waals surface area contributed by atoms with Gasteiger partial charge in [-0.2, -0.15) is 0 Å². The van der Waals surface area contributed by atoms with E-state index in [0.29, 0.717) is 12.8 Å². The summed E-state index contributed by atoms with van der Waals surface area (Å²) in [5.74, 6) is 0. The van der Waals surface area contributed by atoms with E-state index >= 15 is 0 Å². The van der Waals surface area contributed by atoms with Gasteiger partial charge in [0.1, 0.15) is 0 Å². The van der Waals surface area contributed by atoms with Crippen LogP contribution in [0.15, 0.2) is 6.07 Å². The summed E-state index contributed by atoms with van der Waals surface area (Å²) in [6.45, 7) is 10.2. The number of hydrogen-bond donors (Lipinski definition) is 2. The quantitative estimate of drug-likeness (QED) is 0.844. The van der Waals surface area contributed by atoms with E-state index < -0.39 is 5.60 Å². The Morgan fingerprint density at radius 2 is 1.53 bits per heavy atom. The Labute approximate surface area is 104 Å². The highest BCUT2D eigenvalue weighted by Crippen LogP contribution is 2.34. The molecule has 1 unspecified atom stereocenters. The maximum Gasteiger partial charge on any atom is 0.0874 e. The first-order valence-corrected chi connectivity index (χ1v) is 6.22. The minimum Gasteiger partial charge on any atom is -0.396 e. The van der Waals surface area contributed by atoms with Crippen molar-refractivity contribution in [2.24, 2.45) is 0 Å². The molecule has 96 valence electrons. The molecule has 0 fully saturated rings. The molecular formula is C15H24O2. The second-order valence-electron chi connectivity index (χ2n) is 5.24. The average molecular weight is 236 g/mol. The molecule has 0 aliphatic heterocycles. The van der Waals surface area contributed by atoms with Crippen LogP contribution in [0.1, 0.15) is 47.6 Å². The molecule has 0 saturated heterocycles. The van der Waals surface area contributed by atoms with Crippen LogP contribution < -0.4 is 0 Å². The van der Waals surface area contributed by atoms with Crippen molar-refractivity contribution in [1.82, 2.24) is 0 Å². The van der Waals surface area contributed by atoms with Gasteiger partial charge < -0.3 is 10.2 Å². The van der Waals surface area contributed by atoms with Crippen LogP contribution in [0.5, 0.6) is 0 Å². The van der Waals surface area contributed by atoms with Crippen molar-refractivity contribution in [3.05, 3.63) is 33.9 Å². The standard InChI is InChI=1S/C15H24O2/c1-10-9-11(2)13(4)14(12(10)3)15(5,17)7-6-8-16/h9,16-17H,6-8H2,1-5H3. The minimum absolute atomic E-state index is 0.124. The Bertz CT molecular complexity index is 380. The van der Waals surface area contributed by atoms with Gasteiger partial charge in [-0.25, -0.2) is 0 Å². The Hall–Kier alpha value is -0.860. The average Bonchev–Trinajstić information content (AvgIpc) is 2.24. The number of rotatable bonds is 4. The fourth-order valence-electron chi connectivity index (χ4n) is 2.57. The Morgan fingerprint density at radius 1 is 1.06 bits per heavy atom. The minimum atomic E-state index is -0.853. The second kappa shape index (κ2) is 5.19. The Kier molecular flexibility index (Phi) is 4.34. The van der Waals surface area contributed by atoms with Gasteiger partial charge in [0, 0.05) is 6.61 Å². The van der Waals surface area contributed by atoms with Crippen LogP contribution in [0.4, 0.5) is 0 Å². The summed E-state index contributed by atoms with van der Waals surface area (Å²) in [4.78, 5) is 0. The summed E-state index contributed by atoms with van der Waals surface area (Å²) in [5, 5.41) is 19.5. The zero-order valence-electron chi connectivity index (χ0n) is 11.6. The highest BCUT2D eigenvalue weighted by Gasteiger charge is 2.27. The van der Waals surface area contributed by atoms with E-state index in [9.17, 15) is 5.11 Å². The highest BCUT2D eigenvalue weighted by atomic mass is 16.3. The highest BCUT2D eigenvalue weighted by molar-refractivity contribution is 5.46. The summed E-state index contributed by atoms with van der Waals surface area (Å²) in [6.07, 6.45) is 1.22. The van der Waals surface area contributed by atoms with Crippen molar-refractivity contribution in [2.45, 2.75) is 53.1 Å². The summed E-state index contributed by atoms with van der Waals surface area (Å²) < 4.78 is 0. The molecule has 0 aliphatic carbocycles. The third-order valence-corrected chi connectivity index (χ3v) is 3.73. The number of aliphatic hydroxyl groups excluding tert-OH is 1. The lowest BCUT2D eigenvalue weighted by molar-refractivity contribution is 0.0390. The fraction of sp³-hybridized carbons (Fsp3) is 0.600. The molecule has 0 heterocycles. The normalized spacial score (nSPS) is 14.8. The van der Waals surface area contributed by atoms with Crippen LogP contribution in [0, 0.1) is 27.7 Å². The molecule has 2 heteroatoms. The lowest BCUT2D eigenvalue weighted by Crippen LogP contribution is -2.25. The predicted molar refractivity (Wildman–Crippen MR) is 71.3 cm³/mol. The summed E-state index contributed by atoms with van der Waals surface area (Å²) in [5.41, 5.74) is 4.93. The Balaban J connectivity index is 3.29. The van der Waals surface area contributed by atoms with E-state index in [1.54, 1.807) is 0 Å². The van der Waals surface area contributed by atoms with Crippen molar-refractivity contribution in [2.75, 3.05) is 6.61 Å². The number of aryl methyl sites for hydroxylation is 2. The number of benzene rings is 1.